The molecule has 4 heteroatoms. The van der Waals surface area contributed by atoms with Gasteiger partial charge in [-0.2, -0.15) is 5.26 Å². The first-order valence-corrected chi connectivity index (χ1v) is 7.16. The molecule has 1 fully saturated rings. The molecule has 0 spiro atoms. The van der Waals surface area contributed by atoms with E-state index in [-0.39, 0.29) is 5.92 Å². The zero-order chi connectivity index (χ0) is 14.4. The van der Waals surface area contributed by atoms with Gasteiger partial charge >= 0.3 is 5.97 Å². The Morgan fingerprint density at radius 1 is 1.40 bits per heavy atom. The zero-order valence-corrected chi connectivity index (χ0v) is 11.5. The van der Waals surface area contributed by atoms with Crippen LogP contribution in [0, 0.1) is 17.2 Å². The highest BCUT2D eigenvalue weighted by molar-refractivity contribution is 5.73. The summed E-state index contributed by atoms with van der Waals surface area (Å²) in [6.07, 6.45) is 5.44. The Labute approximate surface area is 119 Å². The average Bonchev–Trinajstić information content (AvgIpc) is 2.48. The number of nitrogens with zero attached hydrogens (tertiary/aromatic N) is 1. The topological polar surface area (TPSA) is 73.1 Å². The number of nitrogens with one attached hydrogen (secondary N) is 1. The molecule has 0 aliphatic heterocycles. The summed E-state index contributed by atoms with van der Waals surface area (Å²) in [6, 6.07) is 8.90. The Hall–Kier alpha value is -1.86. The van der Waals surface area contributed by atoms with Gasteiger partial charge in [0.25, 0.3) is 0 Å². The van der Waals surface area contributed by atoms with E-state index in [1.165, 1.54) is 6.42 Å². The summed E-state index contributed by atoms with van der Waals surface area (Å²) in [5.41, 5.74) is 1.56. The van der Waals surface area contributed by atoms with Gasteiger partial charge in [-0.3, -0.25) is 4.79 Å². The van der Waals surface area contributed by atoms with Gasteiger partial charge in [-0.1, -0.05) is 31.4 Å². The van der Waals surface area contributed by atoms with Crippen LogP contribution in [0.1, 0.15) is 43.2 Å². The second-order valence-corrected chi connectivity index (χ2v) is 5.41. The summed E-state index contributed by atoms with van der Waals surface area (Å²) < 4.78 is 0. The van der Waals surface area contributed by atoms with Gasteiger partial charge in [-0.05, 0) is 36.5 Å². The molecule has 1 atom stereocenters. The first-order valence-electron chi connectivity index (χ1n) is 7.16. The Bertz CT molecular complexity index is 501. The maximum Gasteiger partial charge on any atom is 0.320 e. The van der Waals surface area contributed by atoms with E-state index in [0.29, 0.717) is 12.1 Å². The molecule has 1 aromatic carbocycles. The molecule has 0 amide bonds. The van der Waals surface area contributed by atoms with Crippen LogP contribution in [0.2, 0.25) is 0 Å². The lowest BCUT2D eigenvalue weighted by Gasteiger charge is -2.28. The number of hydrogen-bond donors (Lipinski definition) is 2. The number of rotatable bonds is 5. The van der Waals surface area contributed by atoms with Crippen molar-refractivity contribution in [1.29, 1.82) is 5.26 Å². The highest BCUT2D eigenvalue weighted by Gasteiger charge is 2.28. The lowest BCUT2D eigenvalue weighted by Crippen LogP contribution is -2.43. The van der Waals surface area contributed by atoms with Gasteiger partial charge in [0.2, 0.25) is 0 Å². The molecular weight excluding hydrogens is 252 g/mol. The summed E-state index contributed by atoms with van der Waals surface area (Å²) in [5.74, 6) is -0.547. The van der Waals surface area contributed by atoms with Gasteiger partial charge in [0.1, 0.15) is 6.04 Å². The molecule has 0 saturated heterocycles. The highest BCUT2D eigenvalue weighted by Crippen LogP contribution is 2.26. The molecule has 0 radical (unpaired) electrons. The molecule has 0 unspecified atom stereocenters. The van der Waals surface area contributed by atoms with Crippen LogP contribution in [0.3, 0.4) is 0 Å². The van der Waals surface area contributed by atoms with Crippen LogP contribution in [0.4, 0.5) is 0 Å². The maximum atomic E-state index is 11.4. The third-order valence-electron chi connectivity index (χ3n) is 3.97. The van der Waals surface area contributed by atoms with Crippen LogP contribution in [0.25, 0.3) is 0 Å². The lowest BCUT2D eigenvalue weighted by atomic mass is 9.84. The Kier molecular flexibility index (Phi) is 5.14. The summed E-state index contributed by atoms with van der Waals surface area (Å²) in [4.78, 5) is 11.4. The third-order valence-corrected chi connectivity index (χ3v) is 3.97. The summed E-state index contributed by atoms with van der Waals surface area (Å²) in [5, 5.41) is 21.4. The molecule has 1 aliphatic rings. The van der Waals surface area contributed by atoms with Crippen molar-refractivity contribution < 1.29 is 9.90 Å². The monoisotopic (exact) mass is 272 g/mol. The van der Waals surface area contributed by atoms with E-state index in [0.717, 1.165) is 31.2 Å². The zero-order valence-electron chi connectivity index (χ0n) is 11.5. The minimum absolute atomic E-state index is 0.223. The van der Waals surface area contributed by atoms with E-state index >= 15 is 0 Å². The van der Waals surface area contributed by atoms with Gasteiger partial charge in [0.15, 0.2) is 0 Å². The molecule has 2 rings (SSSR count). The highest BCUT2D eigenvalue weighted by atomic mass is 16.4. The van der Waals surface area contributed by atoms with E-state index in [4.69, 9.17) is 5.26 Å². The maximum absolute atomic E-state index is 11.4. The first-order chi connectivity index (χ1) is 9.70. The van der Waals surface area contributed by atoms with Crippen LogP contribution < -0.4 is 5.32 Å². The SMILES string of the molecule is N#Cc1cccc(CN[C@H](C(=O)O)C2CCCCC2)c1. The molecular formula is C16H20N2O2. The van der Waals surface area contributed by atoms with Crippen molar-refractivity contribution in [2.45, 2.75) is 44.7 Å². The number of carboxylic acid groups (broad SMARTS) is 1. The predicted octanol–water partition coefficient (Wildman–Crippen LogP) is 2.68. The average molecular weight is 272 g/mol. The fourth-order valence-electron chi connectivity index (χ4n) is 2.90. The Morgan fingerprint density at radius 2 is 2.15 bits per heavy atom. The van der Waals surface area contributed by atoms with Crippen molar-refractivity contribution in [3.05, 3.63) is 35.4 Å². The molecule has 1 aromatic rings. The number of benzene rings is 1. The molecule has 106 valence electrons. The van der Waals surface area contributed by atoms with Crippen molar-refractivity contribution in [2.24, 2.45) is 5.92 Å². The van der Waals surface area contributed by atoms with Crippen molar-refractivity contribution in [3.8, 4) is 6.07 Å². The smallest absolute Gasteiger partial charge is 0.320 e. The second-order valence-electron chi connectivity index (χ2n) is 5.41. The molecule has 0 heterocycles. The van der Waals surface area contributed by atoms with Crippen LogP contribution >= 0.6 is 0 Å². The van der Waals surface area contributed by atoms with Crippen molar-refractivity contribution >= 4 is 5.97 Å². The number of carbonyl (C=O) groups is 1. The Morgan fingerprint density at radius 3 is 2.80 bits per heavy atom. The summed E-state index contributed by atoms with van der Waals surface area (Å²) in [7, 11) is 0. The minimum atomic E-state index is -0.770. The largest absolute Gasteiger partial charge is 0.480 e. The van der Waals surface area contributed by atoms with Gasteiger partial charge < -0.3 is 10.4 Å². The van der Waals surface area contributed by atoms with Crippen LogP contribution in [0.5, 0.6) is 0 Å². The molecule has 1 aliphatic carbocycles. The number of nitriles is 1. The van der Waals surface area contributed by atoms with E-state index in [2.05, 4.69) is 11.4 Å². The number of aliphatic carboxylic acids is 1. The summed E-state index contributed by atoms with van der Waals surface area (Å²) in [6.45, 7) is 0.489. The van der Waals surface area contributed by atoms with E-state index in [1.54, 1.807) is 12.1 Å². The standard InChI is InChI=1S/C16H20N2O2/c17-10-12-5-4-6-13(9-12)11-18-15(16(19)20)14-7-2-1-3-8-14/h4-6,9,14-15,18H,1-3,7-8,11H2,(H,19,20)/t15-/m0/s1. The molecule has 1 saturated carbocycles. The first kappa shape index (κ1) is 14.5. The van der Waals surface area contributed by atoms with Gasteiger partial charge in [0.05, 0.1) is 11.6 Å². The minimum Gasteiger partial charge on any atom is -0.480 e. The fraction of sp³-hybridized carbons (Fsp3) is 0.500. The lowest BCUT2D eigenvalue weighted by molar-refractivity contribution is -0.141. The van der Waals surface area contributed by atoms with Gasteiger partial charge in [-0.15, -0.1) is 0 Å². The Balaban J connectivity index is 1.98. The van der Waals surface area contributed by atoms with Crippen molar-refractivity contribution in [2.75, 3.05) is 0 Å². The van der Waals surface area contributed by atoms with E-state index in [1.807, 2.05) is 12.1 Å². The number of carboxylic acids is 1. The normalized spacial score (nSPS) is 17.4. The fourth-order valence-corrected chi connectivity index (χ4v) is 2.90. The molecule has 0 aromatic heterocycles. The molecule has 20 heavy (non-hydrogen) atoms. The quantitative estimate of drug-likeness (QED) is 0.864. The summed E-state index contributed by atoms with van der Waals surface area (Å²) >= 11 is 0. The van der Waals surface area contributed by atoms with Crippen molar-refractivity contribution in [1.82, 2.24) is 5.32 Å². The molecule has 2 N–H and O–H groups in total. The van der Waals surface area contributed by atoms with Crippen LogP contribution in [0.15, 0.2) is 24.3 Å². The van der Waals surface area contributed by atoms with Gasteiger partial charge in [-0.25, -0.2) is 0 Å². The van der Waals surface area contributed by atoms with Gasteiger partial charge in [0, 0.05) is 6.54 Å². The second kappa shape index (κ2) is 7.06. The number of hydrogen-bond acceptors (Lipinski definition) is 3. The van der Waals surface area contributed by atoms with Crippen molar-refractivity contribution in [3.63, 3.8) is 0 Å². The van der Waals surface area contributed by atoms with Crippen LogP contribution in [-0.4, -0.2) is 17.1 Å². The molecule has 0 bridgehead atoms. The van der Waals surface area contributed by atoms with E-state index < -0.39 is 12.0 Å². The third kappa shape index (κ3) is 3.82. The van der Waals surface area contributed by atoms with Crippen LogP contribution in [-0.2, 0) is 11.3 Å². The molecule has 4 nitrogen and oxygen atoms in total. The van der Waals surface area contributed by atoms with E-state index in [9.17, 15) is 9.90 Å². The predicted molar refractivity (Wildman–Crippen MR) is 76.0 cm³/mol.